The average Bonchev–Trinajstić information content (AvgIpc) is 3.31. The van der Waals surface area contributed by atoms with E-state index in [9.17, 15) is 9.90 Å². The van der Waals surface area contributed by atoms with Crippen LogP contribution in [0.5, 0.6) is 5.75 Å². The van der Waals surface area contributed by atoms with Gasteiger partial charge in [0.2, 0.25) is 0 Å². The van der Waals surface area contributed by atoms with Crippen molar-refractivity contribution >= 4 is 28.5 Å². The van der Waals surface area contributed by atoms with E-state index in [0.717, 1.165) is 38.4 Å². The van der Waals surface area contributed by atoms with Gasteiger partial charge in [-0.25, -0.2) is 4.39 Å². The van der Waals surface area contributed by atoms with E-state index in [4.69, 9.17) is 16.3 Å². The van der Waals surface area contributed by atoms with Crippen LogP contribution >= 0.6 is 11.6 Å². The third-order valence-corrected chi connectivity index (χ3v) is 8.04. The number of piperidine rings is 1. The SMILES string of the molecule is COc1ccc2ncc(Cl)c([C@@H](F)CCC3(CC(=O)O)CCN(CC4CCCC4)CC3)c2c1. The second-order valence-corrected chi connectivity index (χ2v) is 10.3. The molecule has 7 heteroatoms. The van der Waals surface area contributed by atoms with Gasteiger partial charge in [-0.15, -0.1) is 0 Å². The summed E-state index contributed by atoms with van der Waals surface area (Å²) in [6.45, 7) is 2.92. The second kappa shape index (κ2) is 10.6. The van der Waals surface area contributed by atoms with Gasteiger partial charge in [0.05, 0.1) is 24.1 Å². The van der Waals surface area contributed by atoms with Crippen molar-refractivity contribution in [2.45, 2.75) is 64.0 Å². The molecule has 1 aliphatic carbocycles. The first-order valence-corrected chi connectivity index (χ1v) is 12.5. The number of pyridine rings is 1. The lowest BCUT2D eigenvalue weighted by Gasteiger charge is -2.42. The molecule has 0 unspecified atom stereocenters. The molecular formula is C26H34ClFN2O3. The Hall–Kier alpha value is -1.92. The number of aromatic nitrogens is 1. The van der Waals surface area contributed by atoms with Gasteiger partial charge in [0.15, 0.2) is 0 Å². The molecule has 4 rings (SSSR count). The van der Waals surface area contributed by atoms with Gasteiger partial charge in [-0.05, 0) is 81.1 Å². The fourth-order valence-corrected chi connectivity index (χ4v) is 6.06. The minimum Gasteiger partial charge on any atom is -0.497 e. The van der Waals surface area contributed by atoms with Crippen LogP contribution in [0.4, 0.5) is 4.39 Å². The summed E-state index contributed by atoms with van der Waals surface area (Å²) in [5, 5.41) is 10.5. The van der Waals surface area contributed by atoms with Crippen LogP contribution in [0.3, 0.4) is 0 Å². The van der Waals surface area contributed by atoms with Crippen molar-refractivity contribution in [1.29, 1.82) is 0 Å². The van der Waals surface area contributed by atoms with Crippen LogP contribution in [0.25, 0.3) is 10.9 Å². The molecule has 1 aromatic heterocycles. The van der Waals surface area contributed by atoms with Gasteiger partial charge in [-0.2, -0.15) is 0 Å². The minimum atomic E-state index is -1.29. The number of likely N-dealkylation sites (tertiary alicyclic amines) is 1. The Labute approximate surface area is 200 Å². The zero-order chi connectivity index (χ0) is 23.4. The molecule has 5 nitrogen and oxygen atoms in total. The summed E-state index contributed by atoms with van der Waals surface area (Å²) in [5.41, 5.74) is 0.720. The first-order chi connectivity index (χ1) is 15.9. The summed E-state index contributed by atoms with van der Waals surface area (Å²) in [6.07, 6.45) is 7.95. The van der Waals surface area contributed by atoms with Crippen molar-refractivity contribution in [3.05, 3.63) is 35.0 Å². The molecule has 2 fully saturated rings. The van der Waals surface area contributed by atoms with Gasteiger partial charge in [-0.1, -0.05) is 24.4 Å². The number of alkyl halides is 1. The van der Waals surface area contributed by atoms with Gasteiger partial charge >= 0.3 is 5.97 Å². The number of carboxylic acid groups (broad SMARTS) is 1. The number of carboxylic acids is 1. The van der Waals surface area contributed by atoms with Gasteiger partial charge < -0.3 is 14.7 Å². The normalized spacial score (nSPS) is 20.2. The number of nitrogens with zero attached hydrogens (tertiary/aromatic N) is 2. The number of benzene rings is 1. The Kier molecular flexibility index (Phi) is 7.75. The molecule has 0 bridgehead atoms. The molecule has 1 aromatic carbocycles. The van der Waals surface area contributed by atoms with Crippen LogP contribution in [0.15, 0.2) is 24.4 Å². The smallest absolute Gasteiger partial charge is 0.303 e. The maximum Gasteiger partial charge on any atom is 0.303 e. The highest BCUT2D eigenvalue weighted by Crippen LogP contribution is 2.44. The van der Waals surface area contributed by atoms with Crippen LogP contribution in [0.2, 0.25) is 5.02 Å². The quantitative estimate of drug-likeness (QED) is 0.451. The van der Waals surface area contributed by atoms with Crippen LogP contribution in [-0.4, -0.2) is 47.7 Å². The summed E-state index contributed by atoms with van der Waals surface area (Å²) in [4.78, 5) is 18.5. The standard InChI is InChI=1S/C26H34ClFN2O3/c1-33-19-6-7-23-20(14-19)25(21(27)16-29-23)22(28)8-9-26(15-24(31)32)10-12-30(13-11-26)17-18-4-2-3-5-18/h6-7,14,16,18,22H,2-5,8-13,15,17H2,1H3,(H,31,32)/t22-/m0/s1. The number of methoxy groups -OCH3 is 1. The Morgan fingerprint density at radius 3 is 2.73 bits per heavy atom. The zero-order valence-corrected chi connectivity index (χ0v) is 20.1. The van der Waals surface area contributed by atoms with Crippen LogP contribution in [0, 0.1) is 11.3 Å². The number of aliphatic carboxylic acids is 1. The third kappa shape index (κ3) is 5.78. The molecule has 0 spiro atoms. The number of halogens is 2. The van der Waals surface area contributed by atoms with E-state index in [-0.39, 0.29) is 18.3 Å². The van der Waals surface area contributed by atoms with E-state index in [1.165, 1.54) is 31.9 Å². The highest BCUT2D eigenvalue weighted by molar-refractivity contribution is 6.32. The van der Waals surface area contributed by atoms with Crippen molar-refractivity contribution in [1.82, 2.24) is 9.88 Å². The van der Waals surface area contributed by atoms with E-state index in [1.807, 2.05) is 0 Å². The molecule has 2 aromatic rings. The molecule has 1 N–H and O–H groups in total. The predicted octanol–water partition coefficient (Wildman–Crippen LogP) is 6.43. The molecular weight excluding hydrogens is 443 g/mol. The third-order valence-electron chi connectivity index (χ3n) is 7.74. The lowest BCUT2D eigenvalue weighted by Crippen LogP contribution is -2.43. The predicted molar refractivity (Wildman–Crippen MR) is 129 cm³/mol. The summed E-state index contributed by atoms with van der Waals surface area (Å²) in [5.74, 6) is 0.607. The summed E-state index contributed by atoms with van der Waals surface area (Å²) >= 11 is 6.39. The van der Waals surface area contributed by atoms with E-state index in [2.05, 4.69) is 9.88 Å². The Bertz CT molecular complexity index is 971. The number of hydrogen-bond acceptors (Lipinski definition) is 4. The maximum atomic E-state index is 15.7. The van der Waals surface area contributed by atoms with Gasteiger partial charge in [0.1, 0.15) is 11.9 Å². The van der Waals surface area contributed by atoms with Crippen LogP contribution < -0.4 is 4.74 Å². The molecule has 33 heavy (non-hydrogen) atoms. The van der Waals surface area contributed by atoms with Gasteiger partial charge in [0, 0.05) is 23.7 Å². The molecule has 0 radical (unpaired) electrons. The maximum absolute atomic E-state index is 15.7. The van der Waals surface area contributed by atoms with Crippen molar-refractivity contribution < 1.29 is 19.0 Å². The number of ether oxygens (including phenoxy) is 1. The first kappa shape index (κ1) is 24.2. The molecule has 1 atom stereocenters. The number of carbonyl (C=O) groups is 1. The summed E-state index contributed by atoms with van der Waals surface area (Å²) < 4.78 is 21.0. The van der Waals surface area contributed by atoms with Crippen molar-refractivity contribution in [3.63, 3.8) is 0 Å². The minimum absolute atomic E-state index is 0.0929. The number of hydrogen-bond donors (Lipinski definition) is 1. The average molecular weight is 477 g/mol. The first-order valence-electron chi connectivity index (χ1n) is 12.1. The summed E-state index contributed by atoms with van der Waals surface area (Å²) in [7, 11) is 1.57. The van der Waals surface area contributed by atoms with Crippen molar-refractivity contribution in [2.24, 2.45) is 11.3 Å². The Morgan fingerprint density at radius 1 is 1.33 bits per heavy atom. The van der Waals surface area contributed by atoms with E-state index < -0.39 is 12.1 Å². The molecule has 2 heterocycles. The monoisotopic (exact) mass is 476 g/mol. The molecule has 0 amide bonds. The fourth-order valence-electron chi connectivity index (χ4n) is 5.79. The number of rotatable bonds is 9. The van der Waals surface area contributed by atoms with Crippen molar-refractivity contribution in [3.8, 4) is 5.75 Å². The van der Waals surface area contributed by atoms with Gasteiger partial charge in [0.25, 0.3) is 0 Å². The molecule has 180 valence electrons. The molecule has 1 saturated heterocycles. The Balaban J connectivity index is 1.46. The summed E-state index contributed by atoms with van der Waals surface area (Å²) in [6, 6.07) is 5.36. The molecule has 1 aliphatic heterocycles. The number of fused-ring (bicyclic) bond motifs is 1. The zero-order valence-electron chi connectivity index (χ0n) is 19.4. The van der Waals surface area contributed by atoms with Crippen molar-refractivity contribution in [2.75, 3.05) is 26.7 Å². The highest BCUT2D eigenvalue weighted by atomic mass is 35.5. The molecule has 1 saturated carbocycles. The van der Waals surface area contributed by atoms with E-state index >= 15 is 4.39 Å². The highest BCUT2D eigenvalue weighted by Gasteiger charge is 2.38. The molecule has 2 aliphatic rings. The lowest BCUT2D eigenvalue weighted by molar-refractivity contribution is -0.141. The van der Waals surface area contributed by atoms with Gasteiger partial charge in [-0.3, -0.25) is 9.78 Å². The van der Waals surface area contributed by atoms with E-state index in [0.29, 0.717) is 33.7 Å². The fraction of sp³-hybridized carbons (Fsp3) is 0.615. The van der Waals surface area contributed by atoms with Crippen LogP contribution in [-0.2, 0) is 4.79 Å². The topological polar surface area (TPSA) is 62.7 Å². The van der Waals surface area contributed by atoms with E-state index in [1.54, 1.807) is 25.3 Å². The largest absolute Gasteiger partial charge is 0.497 e. The lowest BCUT2D eigenvalue weighted by atomic mass is 9.71. The second-order valence-electron chi connectivity index (χ2n) is 9.93. The Morgan fingerprint density at radius 2 is 2.06 bits per heavy atom. The van der Waals surface area contributed by atoms with Crippen LogP contribution in [0.1, 0.15) is 69.5 Å².